The molecule has 0 aliphatic carbocycles. The first-order valence-electron chi connectivity index (χ1n) is 6.77. The molecule has 1 atom stereocenters. The van der Waals surface area contributed by atoms with Crippen LogP contribution in [0.3, 0.4) is 0 Å². The molecular formula is C15H20FNO. The van der Waals surface area contributed by atoms with Crippen LogP contribution in [0.15, 0.2) is 18.2 Å². The van der Waals surface area contributed by atoms with E-state index in [1.54, 1.807) is 6.07 Å². The second-order valence-corrected chi connectivity index (χ2v) is 5.66. The molecule has 18 heavy (non-hydrogen) atoms. The standard InChI is InChI=1S/C15H20FNO/c1-11-7-12(4-5-14(11)16)15(9-18-10-15)13-3-2-6-17-8-13/h4-5,7,13,17H,2-3,6,8-10H2,1H3. The van der Waals surface area contributed by atoms with Crippen LogP contribution in [0.2, 0.25) is 0 Å². The molecule has 2 fully saturated rings. The zero-order valence-corrected chi connectivity index (χ0v) is 10.8. The summed E-state index contributed by atoms with van der Waals surface area (Å²) in [6, 6.07) is 5.55. The van der Waals surface area contributed by atoms with E-state index in [2.05, 4.69) is 5.32 Å². The van der Waals surface area contributed by atoms with Crippen molar-refractivity contribution in [2.24, 2.45) is 5.92 Å². The SMILES string of the molecule is Cc1cc(C2(C3CCCNC3)COC2)ccc1F. The van der Waals surface area contributed by atoms with E-state index in [4.69, 9.17) is 4.74 Å². The first-order chi connectivity index (χ1) is 8.72. The fourth-order valence-corrected chi connectivity index (χ4v) is 3.24. The maximum absolute atomic E-state index is 13.4. The fourth-order valence-electron chi connectivity index (χ4n) is 3.24. The van der Waals surface area contributed by atoms with Crippen molar-refractivity contribution in [2.75, 3.05) is 26.3 Å². The van der Waals surface area contributed by atoms with Crippen LogP contribution in [-0.4, -0.2) is 26.3 Å². The smallest absolute Gasteiger partial charge is 0.126 e. The van der Waals surface area contributed by atoms with E-state index in [9.17, 15) is 4.39 Å². The zero-order valence-electron chi connectivity index (χ0n) is 10.8. The second kappa shape index (κ2) is 4.63. The summed E-state index contributed by atoms with van der Waals surface area (Å²) in [5.41, 5.74) is 2.11. The molecule has 0 saturated carbocycles. The van der Waals surface area contributed by atoms with Gasteiger partial charge in [-0.15, -0.1) is 0 Å². The lowest BCUT2D eigenvalue weighted by Gasteiger charge is -2.49. The lowest BCUT2D eigenvalue weighted by atomic mass is 9.66. The van der Waals surface area contributed by atoms with Crippen LogP contribution in [0, 0.1) is 18.7 Å². The van der Waals surface area contributed by atoms with Crippen molar-refractivity contribution in [1.29, 1.82) is 0 Å². The molecule has 1 N–H and O–H groups in total. The highest BCUT2D eigenvalue weighted by atomic mass is 19.1. The average molecular weight is 249 g/mol. The van der Waals surface area contributed by atoms with E-state index in [0.717, 1.165) is 31.9 Å². The van der Waals surface area contributed by atoms with Gasteiger partial charge in [0.2, 0.25) is 0 Å². The number of piperidine rings is 1. The Morgan fingerprint density at radius 3 is 2.78 bits per heavy atom. The minimum atomic E-state index is -0.115. The van der Waals surface area contributed by atoms with Gasteiger partial charge in [-0.25, -0.2) is 4.39 Å². The minimum absolute atomic E-state index is 0.115. The molecule has 1 aromatic rings. The fraction of sp³-hybridized carbons (Fsp3) is 0.600. The Bertz CT molecular complexity index is 436. The molecule has 2 aliphatic rings. The van der Waals surface area contributed by atoms with Crippen molar-refractivity contribution in [1.82, 2.24) is 5.32 Å². The summed E-state index contributed by atoms with van der Waals surface area (Å²) in [7, 11) is 0. The lowest BCUT2D eigenvalue weighted by Crippen LogP contribution is -2.56. The largest absolute Gasteiger partial charge is 0.379 e. The molecule has 2 saturated heterocycles. The number of hydrogen-bond donors (Lipinski definition) is 1. The van der Waals surface area contributed by atoms with Crippen LogP contribution in [0.4, 0.5) is 4.39 Å². The van der Waals surface area contributed by atoms with Crippen molar-refractivity contribution in [3.8, 4) is 0 Å². The molecule has 0 spiro atoms. The van der Waals surface area contributed by atoms with Crippen LogP contribution in [0.1, 0.15) is 24.0 Å². The molecule has 0 amide bonds. The van der Waals surface area contributed by atoms with Crippen LogP contribution in [-0.2, 0) is 10.2 Å². The van der Waals surface area contributed by atoms with Gasteiger partial charge in [0.05, 0.1) is 13.2 Å². The Kier molecular flexibility index (Phi) is 3.12. The second-order valence-electron chi connectivity index (χ2n) is 5.66. The summed E-state index contributed by atoms with van der Waals surface area (Å²) in [4.78, 5) is 0. The molecule has 98 valence electrons. The van der Waals surface area contributed by atoms with Crippen LogP contribution < -0.4 is 5.32 Å². The highest BCUT2D eigenvalue weighted by Gasteiger charge is 2.47. The third-order valence-electron chi connectivity index (χ3n) is 4.53. The normalized spacial score (nSPS) is 26.7. The van der Waals surface area contributed by atoms with E-state index in [1.165, 1.54) is 18.4 Å². The highest BCUT2D eigenvalue weighted by molar-refractivity contribution is 5.34. The third kappa shape index (κ3) is 1.86. The number of benzene rings is 1. The predicted molar refractivity (Wildman–Crippen MR) is 69.2 cm³/mol. The van der Waals surface area contributed by atoms with Crippen molar-refractivity contribution >= 4 is 0 Å². The van der Waals surface area contributed by atoms with Gasteiger partial charge < -0.3 is 10.1 Å². The molecular weight excluding hydrogens is 229 g/mol. The van der Waals surface area contributed by atoms with Gasteiger partial charge in [0.15, 0.2) is 0 Å². The predicted octanol–water partition coefficient (Wildman–Crippen LogP) is 2.40. The molecule has 2 aliphatic heterocycles. The van der Waals surface area contributed by atoms with Crippen molar-refractivity contribution < 1.29 is 9.13 Å². The van der Waals surface area contributed by atoms with Crippen LogP contribution in [0.5, 0.6) is 0 Å². The first-order valence-corrected chi connectivity index (χ1v) is 6.77. The Labute approximate surface area is 108 Å². The van der Waals surface area contributed by atoms with Gasteiger partial charge in [-0.05, 0) is 56.0 Å². The monoisotopic (exact) mass is 249 g/mol. The van der Waals surface area contributed by atoms with Gasteiger partial charge in [-0.1, -0.05) is 12.1 Å². The van der Waals surface area contributed by atoms with Gasteiger partial charge >= 0.3 is 0 Å². The minimum Gasteiger partial charge on any atom is -0.379 e. The van der Waals surface area contributed by atoms with Gasteiger partial charge in [0.25, 0.3) is 0 Å². The van der Waals surface area contributed by atoms with Gasteiger partial charge in [-0.2, -0.15) is 0 Å². The first kappa shape index (κ1) is 12.1. The van der Waals surface area contributed by atoms with Crippen LogP contribution in [0.25, 0.3) is 0 Å². The third-order valence-corrected chi connectivity index (χ3v) is 4.53. The topological polar surface area (TPSA) is 21.3 Å². The molecule has 2 nitrogen and oxygen atoms in total. The number of halogens is 1. The summed E-state index contributed by atoms with van der Waals surface area (Å²) in [6.45, 7) is 5.58. The molecule has 3 rings (SSSR count). The number of aryl methyl sites for hydroxylation is 1. The van der Waals surface area contributed by atoms with Gasteiger partial charge in [-0.3, -0.25) is 0 Å². The van der Waals surface area contributed by atoms with E-state index < -0.39 is 0 Å². The van der Waals surface area contributed by atoms with Gasteiger partial charge in [0, 0.05) is 5.41 Å². The van der Waals surface area contributed by atoms with E-state index >= 15 is 0 Å². The van der Waals surface area contributed by atoms with E-state index in [0.29, 0.717) is 5.92 Å². The van der Waals surface area contributed by atoms with Crippen molar-refractivity contribution in [2.45, 2.75) is 25.2 Å². The Balaban J connectivity index is 1.92. The quantitative estimate of drug-likeness (QED) is 0.869. The highest BCUT2D eigenvalue weighted by Crippen LogP contribution is 2.42. The molecule has 1 unspecified atom stereocenters. The summed E-state index contributed by atoms with van der Waals surface area (Å²) < 4.78 is 18.9. The molecule has 1 aromatic carbocycles. The summed E-state index contributed by atoms with van der Waals surface area (Å²) in [5.74, 6) is 0.501. The maximum atomic E-state index is 13.4. The van der Waals surface area contributed by atoms with E-state index in [1.807, 2.05) is 19.1 Å². The Morgan fingerprint density at radius 2 is 2.22 bits per heavy atom. The summed E-state index contributed by atoms with van der Waals surface area (Å²) >= 11 is 0. The molecule has 3 heteroatoms. The zero-order chi connectivity index (χ0) is 12.6. The Morgan fingerprint density at radius 1 is 1.39 bits per heavy atom. The number of nitrogens with one attached hydrogen (secondary N) is 1. The maximum Gasteiger partial charge on any atom is 0.126 e. The van der Waals surface area contributed by atoms with Crippen molar-refractivity contribution in [3.63, 3.8) is 0 Å². The average Bonchev–Trinajstić information content (AvgIpc) is 2.34. The molecule has 0 bridgehead atoms. The summed E-state index contributed by atoms with van der Waals surface area (Å²) in [5, 5.41) is 3.47. The number of hydrogen-bond acceptors (Lipinski definition) is 2. The Hall–Kier alpha value is -0.930. The lowest BCUT2D eigenvalue weighted by molar-refractivity contribution is -0.0948. The number of rotatable bonds is 2. The molecule has 0 aromatic heterocycles. The molecule has 0 radical (unpaired) electrons. The van der Waals surface area contributed by atoms with Gasteiger partial charge in [0.1, 0.15) is 5.82 Å². The van der Waals surface area contributed by atoms with Crippen molar-refractivity contribution in [3.05, 3.63) is 35.1 Å². The molecule has 2 heterocycles. The number of ether oxygens (including phenoxy) is 1. The van der Waals surface area contributed by atoms with E-state index in [-0.39, 0.29) is 11.2 Å². The summed E-state index contributed by atoms with van der Waals surface area (Å²) in [6.07, 6.45) is 2.47. The van der Waals surface area contributed by atoms with Crippen LogP contribution >= 0.6 is 0 Å².